The lowest BCUT2D eigenvalue weighted by molar-refractivity contribution is -0.113. The van der Waals surface area contributed by atoms with Crippen molar-refractivity contribution in [3.63, 3.8) is 0 Å². The molecule has 0 unspecified atom stereocenters. The van der Waals surface area contributed by atoms with E-state index in [1.54, 1.807) is 0 Å². The quantitative estimate of drug-likeness (QED) is 0.500. The molecule has 0 saturated carbocycles. The minimum absolute atomic E-state index is 0.0969. The highest BCUT2D eigenvalue weighted by atomic mass is 32.2. The van der Waals surface area contributed by atoms with Crippen LogP contribution in [0.5, 0.6) is 0 Å². The van der Waals surface area contributed by atoms with Crippen LogP contribution >= 0.6 is 11.8 Å². The van der Waals surface area contributed by atoms with E-state index >= 15 is 0 Å². The molecule has 2 N–H and O–H groups in total. The average Bonchev–Trinajstić information content (AvgIpc) is 3.33. The molecular formula is C18H17N7OS. The molecule has 136 valence electrons. The van der Waals surface area contributed by atoms with Crippen LogP contribution in [0.1, 0.15) is 12.7 Å². The Morgan fingerprint density at radius 1 is 1.19 bits per heavy atom. The Hall–Kier alpha value is -3.20. The Labute approximate surface area is 159 Å². The zero-order chi connectivity index (χ0) is 18.6. The lowest BCUT2D eigenvalue weighted by atomic mass is 10.3. The third-order valence-electron chi connectivity index (χ3n) is 3.86. The maximum Gasteiger partial charge on any atom is 0.234 e. The molecule has 4 rings (SSSR count). The lowest BCUT2D eigenvalue weighted by Crippen LogP contribution is -2.14. The minimum Gasteiger partial charge on any atom is -0.333 e. The van der Waals surface area contributed by atoms with E-state index in [1.807, 2.05) is 55.5 Å². The molecule has 0 fully saturated rings. The fourth-order valence-corrected chi connectivity index (χ4v) is 3.19. The van der Waals surface area contributed by atoms with Crippen LogP contribution in [-0.2, 0) is 11.2 Å². The van der Waals surface area contributed by atoms with E-state index in [0.29, 0.717) is 11.5 Å². The van der Waals surface area contributed by atoms with Crippen LogP contribution in [0.15, 0.2) is 53.7 Å². The Kier molecular flexibility index (Phi) is 4.84. The number of carbonyl (C=O) groups excluding carboxylic acids is 1. The van der Waals surface area contributed by atoms with E-state index in [0.717, 1.165) is 28.3 Å². The molecule has 0 radical (unpaired) electrons. The lowest BCUT2D eigenvalue weighted by Gasteiger charge is -2.05. The number of rotatable bonds is 6. The number of tetrazole rings is 1. The molecule has 0 bridgehead atoms. The first-order valence-electron chi connectivity index (χ1n) is 8.48. The number of thioether (sulfide) groups is 1. The number of aromatic amines is 1. The standard InChI is InChI=1S/C18H17N7OS/c1-2-16-22-24-25(23-16)13-9-7-12(8-10-13)19-17(26)11-27-18-20-14-5-3-4-6-15(14)21-18/h3-10H,2,11H2,1H3,(H,19,26)(H,20,21). The van der Waals surface area contributed by atoms with Crippen molar-refractivity contribution in [3.8, 4) is 5.69 Å². The van der Waals surface area contributed by atoms with Crippen molar-refractivity contribution in [1.29, 1.82) is 0 Å². The number of carbonyl (C=O) groups is 1. The monoisotopic (exact) mass is 379 g/mol. The Balaban J connectivity index is 1.34. The summed E-state index contributed by atoms with van der Waals surface area (Å²) in [6.07, 6.45) is 0.733. The summed E-state index contributed by atoms with van der Waals surface area (Å²) in [4.78, 5) is 21.3. The van der Waals surface area contributed by atoms with Crippen LogP contribution < -0.4 is 5.32 Å². The highest BCUT2D eigenvalue weighted by molar-refractivity contribution is 7.99. The molecule has 0 saturated heterocycles. The second kappa shape index (κ2) is 7.58. The number of H-pyrrole nitrogens is 1. The number of para-hydroxylation sites is 2. The number of aryl methyl sites for hydroxylation is 1. The molecule has 8 nitrogen and oxygen atoms in total. The van der Waals surface area contributed by atoms with Crippen LogP contribution in [0.3, 0.4) is 0 Å². The number of hydrogen-bond acceptors (Lipinski definition) is 6. The zero-order valence-corrected chi connectivity index (χ0v) is 15.4. The van der Waals surface area contributed by atoms with Gasteiger partial charge in [-0.2, -0.15) is 0 Å². The van der Waals surface area contributed by atoms with Crippen molar-refractivity contribution in [2.75, 3.05) is 11.1 Å². The van der Waals surface area contributed by atoms with Crippen molar-refractivity contribution in [2.24, 2.45) is 0 Å². The molecule has 9 heteroatoms. The van der Waals surface area contributed by atoms with Crippen LogP contribution in [0.2, 0.25) is 0 Å². The summed E-state index contributed by atoms with van der Waals surface area (Å²) in [7, 11) is 0. The smallest absolute Gasteiger partial charge is 0.234 e. The van der Waals surface area contributed by atoms with Gasteiger partial charge in [-0.15, -0.1) is 15.0 Å². The van der Waals surface area contributed by atoms with Gasteiger partial charge in [0, 0.05) is 12.1 Å². The van der Waals surface area contributed by atoms with Crippen LogP contribution in [0, 0.1) is 0 Å². The van der Waals surface area contributed by atoms with Crippen molar-refractivity contribution in [2.45, 2.75) is 18.5 Å². The maximum absolute atomic E-state index is 12.2. The second-order valence-electron chi connectivity index (χ2n) is 5.79. The van der Waals surface area contributed by atoms with Crippen LogP contribution in [-0.4, -0.2) is 41.8 Å². The number of aromatic nitrogens is 6. The van der Waals surface area contributed by atoms with E-state index in [1.165, 1.54) is 16.6 Å². The normalized spacial score (nSPS) is 11.0. The third-order valence-corrected chi connectivity index (χ3v) is 4.73. The van der Waals surface area contributed by atoms with Gasteiger partial charge in [0.25, 0.3) is 0 Å². The van der Waals surface area contributed by atoms with Gasteiger partial charge < -0.3 is 10.3 Å². The number of nitrogens with zero attached hydrogens (tertiary/aromatic N) is 5. The summed E-state index contributed by atoms with van der Waals surface area (Å²) in [6.45, 7) is 1.98. The summed E-state index contributed by atoms with van der Waals surface area (Å²) < 4.78 is 0. The van der Waals surface area contributed by atoms with Crippen molar-refractivity contribution in [3.05, 3.63) is 54.4 Å². The third kappa shape index (κ3) is 3.98. The van der Waals surface area contributed by atoms with Gasteiger partial charge in [0.05, 0.1) is 22.5 Å². The largest absolute Gasteiger partial charge is 0.333 e. The number of fused-ring (bicyclic) bond motifs is 1. The van der Waals surface area contributed by atoms with Gasteiger partial charge in [-0.3, -0.25) is 4.79 Å². The summed E-state index contributed by atoms with van der Waals surface area (Å²) in [6, 6.07) is 15.1. The van der Waals surface area contributed by atoms with Gasteiger partial charge in [-0.25, -0.2) is 4.98 Å². The molecule has 0 aliphatic carbocycles. The van der Waals surface area contributed by atoms with Gasteiger partial charge in [-0.1, -0.05) is 30.8 Å². The predicted octanol–water partition coefficient (Wildman–Crippen LogP) is 2.83. The molecule has 2 heterocycles. The SMILES string of the molecule is CCc1nnn(-c2ccc(NC(=O)CSc3nc4ccccc4[nH]3)cc2)n1. The van der Waals surface area contributed by atoms with E-state index in [4.69, 9.17) is 0 Å². The van der Waals surface area contributed by atoms with E-state index in [9.17, 15) is 4.79 Å². The molecule has 0 aliphatic rings. The highest BCUT2D eigenvalue weighted by Gasteiger charge is 2.08. The van der Waals surface area contributed by atoms with Crippen LogP contribution in [0.4, 0.5) is 5.69 Å². The molecule has 4 aromatic rings. The molecule has 0 aliphatic heterocycles. The molecule has 2 aromatic carbocycles. The van der Waals surface area contributed by atoms with Crippen molar-refractivity contribution >= 4 is 34.4 Å². The van der Waals surface area contributed by atoms with Gasteiger partial charge in [0.15, 0.2) is 11.0 Å². The maximum atomic E-state index is 12.2. The molecule has 0 spiro atoms. The molecule has 2 aromatic heterocycles. The van der Waals surface area contributed by atoms with E-state index < -0.39 is 0 Å². The molecule has 27 heavy (non-hydrogen) atoms. The highest BCUT2D eigenvalue weighted by Crippen LogP contribution is 2.19. The number of benzene rings is 2. The minimum atomic E-state index is -0.0969. The first-order valence-corrected chi connectivity index (χ1v) is 9.46. The number of amides is 1. The number of hydrogen-bond donors (Lipinski definition) is 2. The summed E-state index contributed by atoms with van der Waals surface area (Å²) in [5.74, 6) is 0.863. The van der Waals surface area contributed by atoms with E-state index in [2.05, 4.69) is 30.7 Å². The summed E-state index contributed by atoms with van der Waals surface area (Å²) >= 11 is 1.37. The van der Waals surface area contributed by atoms with Gasteiger partial charge in [-0.05, 0) is 41.6 Å². The average molecular weight is 379 g/mol. The first-order chi connectivity index (χ1) is 13.2. The van der Waals surface area contributed by atoms with Crippen molar-refractivity contribution < 1.29 is 4.79 Å². The fourth-order valence-electron chi connectivity index (χ4n) is 2.50. The van der Waals surface area contributed by atoms with E-state index in [-0.39, 0.29) is 11.7 Å². The van der Waals surface area contributed by atoms with Crippen LogP contribution in [0.25, 0.3) is 16.7 Å². The Bertz CT molecular complexity index is 1040. The fraction of sp³-hybridized carbons (Fsp3) is 0.167. The molecule has 1 amide bonds. The Morgan fingerprint density at radius 3 is 2.74 bits per heavy atom. The molecule has 0 atom stereocenters. The number of imidazole rings is 1. The Morgan fingerprint density at radius 2 is 2.00 bits per heavy atom. The van der Waals surface area contributed by atoms with Crippen molar-refractivity contribution in [1.82, 2.24) is 30.2 Å². The van der Waals surface area contributed by atoms with Gasteiger partial charge >= 0.3 is 0 Å². The molecular weight excluding hydrogens is 362 g/mol. The summed E-state index contributed by atoms with van der Waals surface area (Å²) in [5, 5.41) is 15.8. The summed E-state index contributed by atoms with van der Waals surface area (Å²) in [5.41, 5.74) is 3.36. The first kappa shape index (κ1) is 17.2. The van der Waals surface area contributed by atoms with Gasteiger partial charge in [0.2, 0.25) is 5.91 Å². The number of anilines is 1. The topological polar surface area (TPSA) is 101 Å². The number of nitrogens with one attached hydrogen (secondary N) is 2. The zero-order valence-electron chi connectivity index (χ0n) is 14.6. The van der Waals surface area contributed by atoms with Gasteiger partial charge in [0.1, 0.15) is 0 Å². The predicted molar refractivity (Wildman–Crippen MR) is 104 cm³/mol. The second-order valence-corrected chi connectivity index (χ2v) is 6.76.